The highest BCUT2D eigenvalue weighted by Crippen LogP contribution is 2.19. The molecule has 4 heteroatoms. The van der Waals surface area contributed by atoms with Gasteiger partial charge in [-0.2, -0.15) is 5.26 Å². The van der Waals surface area contributed by atoms with Crippen LogP contribution in [0.4, 0.5) is 0 Å². The molecular formula is C16H20N4. The molecule has 1 saturated heterocycles. The van der Waals surface area contributed by atoms with Crippen LogP contribution in [-0.2, 0) is 6.42 Å². The van der Waals surface area contributed by atoms with Crippen molar-refractivity contribution in [1.29, 1.82) is 5.26 Å². The zero-order valence-electron chi connectivity index (χ0n) is 11.6. The van der Waals surface area contributed by atoms with Crippen molar-refractivity contribution in [3.63, 3.8) is 0 Å². The average molecular weight is 268 g/mol. The molecule has 3 rings (SSSR count). The number of aromatic amines is 1. The highest BCUT2D eigenvalue weighted by atomic mass is 15.2. The Balaban J connectivity index is 1.54. The normalized spacial score (nSPS) is 19.4. The molecule has 104 valence electrons. The van der Waals surface area contributed by atoms with Crippen LogP contribution < -0.4 is 5.32 Å². The fraction of sp³-hybridized carbons (Fsp3) is 0.438. The molecule has 1 aromatic heterocycles. The van der Waals surface area contributed by atoms with Crippen LogP contribution in [0.25, 0.3) is 10.9 Å². The van der Waals surface area contributed by atoms with Gasteiger partial charge < -0.3 is 15.2 Å². The van der Waals surface area contributed by atoms with Gasteiger partial charge in [0.05, 0.1) is 12.6 Å². The van der Waals surface area contributed by atoms with E-state index in [-0.39, 0.29) is 0 Å². The first-order valence-electron chi connectivity index (χ1n) is 7.24. The highest BCUT2D eigenvalue weighted by molar-refractivity contribution is 5.83. The maximum Gasteiger partial charge on any atom is 0.0843 e. The Hall–Kier alpha value is -1.83. The van der Waals surface area contributed by atoms with Crippen molar-refractivity contribution in [1.82, 2.24) is 15.2 Å². The number of nitrogens with zero attached hydrogens (tertiary/aromatic N) is 2. The van der Waals surface area contributed by atoms with Crippen molar-refractivity contribution in [3.8, 4) is 6.07 Å². The molecular weight excluding hydrogens is 248 g/mol. The minimum Gasteiger partial charge on any atom is -0.361 e. The van der Waals surface area contributed by atoms with Gasteiger partial charge in [0.2, 0.25) is 0 Å². The molecule has 0 spiro atoms. The van der Waals surface area contributed by atoms with E-state index < -0.39 is 0 Å². The maximum absolute atomic E-state index is 8.59. The summed E-state index contributed by atoms with van der Waals surface area (Å²) in [5.41, 5.74) is 2.62. The Kier molecular flexibility index (Phi) is 4.00. The van der Waals surface area contributed by atoms with E-state index in [1.807, 2.05) is 0 Å². The summed E-state index contributed by atoms with van der Waals surface area (Å²) >= 11 is 0. The molecule has 0 amide bonds. The van der Waals surface area contributed by atoms with Crippen LogP contribution in [0, 0.1) is 11.3 Å². The maximum atomic E-state index is 8.59. The monoisotopic (exact) mass is 268 g/mol. The summed E-state index contributed by atoms with van der Waals surface area (Å²) in [6.45, 7) is 3.74. The number of para-hydroxylation sites is 1. The zero-order chi connectivity index (χ0) is 13.8. The molecule has 1 fully saturated rings. The summed E-state index contributed by atoms with van der Waals surface area (Å²) in [5, 5.41) is 13.2. The van der Waals surface area contributed by atoms with E-state index in [1.54, 1.807) is 0 Å². The molecule has 0 radical (unpaired) electrons. The van der Waals surface area contributed by atoms with E-state index in [0.29, 0.717) is 12.6 Å². The molecule has 2 N–H and O–H groups in total. The van der Waals surface area contributed by atoms with Crippen LogP contribution in [0.1, 0.15) is 12.0 Å². The standard InChI is InChI=1S/C16H20N4/c17-7-8-18-14-6-10-20(12-14)9-5-13-11-19-16-4-2-1-3-15(13)16/h1-4,11,14,18-19H,5-6,8-10,12H2. The van der Waals surface area contributed by atoms with E-state index in [4.69, 9.17) is 5.26 Å². The molecule has 1 atom stereocenters. The fourth-order valence-corrected chi connectivity index (χ4v) is 3.01. The van der Waals surface area contributed by atoms with Gasteiger partial charge in [-0.25, -0.2) is 0 Å². The minimum atomic E-state index is 0.459. The van der Waals surface area contributed by atoms with Gasteiger partial charge in [0.25, 0.3) is 0 Å². The van der Waals surface area contributed by atoms with Crippen molar-refractivity contribution in [3.05, 3.63) is 36.0 Å². The molecule has 2 heterocycles. The quantitative estimate of drug-likeness (QED) is 0.814. The second-order valence-corrected chi connectivity index (χ2v) is 5.43. The third-order valence-corrected chi connectivity index (χ3v) is 4.11. The van der Waals surface area contributed by atoms with Crippen molar-refractivity contribution in [2.24, 2.45) is 0 Å². The van der Waals surface area contributed by atoms with E-state index in [2.05, 4.69) is 51.7 Å². The van der Waals surface area contributed by atoms with Crippen LogP contribution in [0.5, 0.6) is 0 Å². The van der Waals surface area contributed by atoms with Crippen LogP contribution >= 0.6 is 0 Å². The van der Waals surface area contributed by atoms with Crippen molar-refractivity contribution in [2.75, 3.05) is 26.2 Å². The first kappa shape index (κ1) is 13.2. The Labute approximate surface area is 119 Å². The van der Waals surface area contributed by atoms with Crippen LogP contribution in [0.15, 0.2) is 30.5 Å². The number of likely N-dealkylation sites (tertiary alicyclic amines) is 1. The van der Waals surface area contributed by atoms with Crippen molar-refractivity contribution < 1.29 is 0 Å². The number of benzene rings is 1. The summed E-state index contributed by atoms with van der Waals surface area (Å²) in [5.74, 6) is 0. The Bertz CT molecular complexity index is 610. The van der Waals surface area contributed by atoms with Crippen molar-refractivity contribution in [2.45, 2.75) is 18.9 Å². The predicted octanol–water partition coefficient (Wildman–Crippen LogP) is 1.90. The molecule has 1 aliphatic heterocycles. The Morgan fingerprint density at radius 3 is 3.20 bits per heavy atom. The number of rotatable bonds is 5. The highest BCUT2D eigenvalue weighted by Gasteiger charge is 2.21. The lowest BCUT2D eigenvalue weighted by Crippen LogP contribution is -2.33. The molecule has 1 aliphatic rings. The number of hydrogen-bond donors (Lipinski definition) is 2. The number of aromatic nitrogens is 1. The fourth-order valence-electron chi connectivity index (χ4n) is 3.01. The van der Waals surface area contributed by atoms with Gasteiger partial charge >= 0.3 is 0 Å². The lowest BCUT2D eigenvalue weighted by molar-refractivity contribution is 0.333. The van der Waals surface area contributed by atoms with Gasteiger partial charge in [-0.15, -0.1) is 0 Å². The second-order valence-electron chi connectivity index (χ2n) is 5.43. The van der Waals surface area contributed by atoms with Gasteiger partial charge in [-0.1, -0.05) is 18.2 Å². The van der Waals surface area contributed by atoms with E-state index >= 15 is 0 Å². The van der Waals surface area contributed by atoms with Gasteiger partial charge in [0, 0.05) is 36.2 Å². The third-order valence-electron chi connectivity index (χ3n) is 4.11. The lowest BCUT2D eigenvalue weighted by atomic mass is 10.1. The van der Waals surface area contributed by atoms with E-state index in [9.17, 15) is 0 Å². The third kappa shape index (κ3) is 2.84. The summed E-state index contributed by atoms with van der Waals surface area (Å²) in [4.78, 5) is 5.82. The molecule has 0 saturated carbocycles. The molecule has 0 bridgehead atoms. The van der Waals surface area contributed by atoms with Crippen LogP contribution in [0.2, 0.25) is 0 Å². The van der Waals surface area contributed by atoms with Crippen molar-refractivity contribution >= 4 is 10.9 Å². The predicted molar refractivity (Wildman–Crippen MR) is 80.5 cm³/mol. The second kappa shape index (κ2) is 6.08. The van der Waals surface area contributed by atoms with Crippen LogP contribution in [-0.4, -0.2) is 42.1 Å². The Morgan fingerprint density at radius 2 is 2.30 bits per heavy atom. The molecule has 4 nitrogen and oxygen atoms in total. The number of fused-ring (bicyclic) bond motifs is 1. The summed E-state index contributed by atoms with van der Waals surface area (Å²) in [7, 11) is 0. The zero-order valence-corrected chi connectivity index (χ0v) is 11.6. The Morgan fingerprint density at radius 1 is 1.40 bits per heavy atom. The first-order valence-corrected chi connectivity index (χ1v) is 7.24. The number of nitriles is 1. The smallest absolute Gasteiger partial charge is 0.0843 e. The number of hydrogen-bond acceptors (Lipinski definition) is 3. The summed E-state index contributed by atoms with van der Waals surface area (Å²) in [6, 6.07) is 11.1. The molecule has 1 unspecified atom stereocenters. The topological polar surface area (TPSA) is 54.9 Å². The number of H-pyrrole nitrogens is 1. The van der Waals surface area contributed by atoms with Gasteiger partial charge in [0.1, 0.15) is 0 Å². The van der Waals surface area contributed by atoms with Gasteiger partial charge in [0.15, 0.2) is 0 Å². The van der Waals surface area contributed by atoms with E-state index in [0.717, 1.165) is 32.5 Å². The van der Waals surface area contributed by atoms with E-state index in [1.165, 1.54) is 16.5 Å². The molecule has 20 heavy (non-hydrogen) atoms. The molecule has 2 aromatic rings. The average Bonchev–Trinajstić information content (AvgIpc) is 3.10. The number of nitrogens with one attached hydrogen (secondary N) is 2. The summed E-state index contributed by atoms with van der Waals surface area (Å²) in [6.07, 6.45) is 4.36. The van der Waals surface area contributed by atoms with Gasteiger partial charge in [-0.05, 0) is 31.0 Å². The molecule has 1 aromatic carbocycles. The van der Waals surface area contributed by atoms with Gasteiger partial charge in [-0.3, -0.25) is 0 Å². The summed E-state index contributed by atoms with van der Waals surface area (Å²) < 4.78 is 0. The minimum absolute atomic E-state index is 0.459. The lowest BCUT2D eigenvalue weighted by Gasteiger charge is -2.15. The first-order chi connectivity index (χ1) is 9.86. The van der Waals surface area contributed by atoms with Crippen LogP contribution in [0.3, 0.4) is 0 Å². The largest absolute Gasteiger partial charge is 0.361 e. The SMILES string of the molecule is N#CCNC1CCN(CCc2c[nH]c3ccccc23)C1. The molecule has 0 aliphatic carbocycles.